The van der Waals surface area contributed by atoms with Gasteiger partial charge in [-0.15, -0.1) is 0 Å². The Hall–Kier alpha value is -3.73. The number of sulfone groups is 1. The van der Waals surface area contributed by atoms with Crippen molar-refractivity contribution in [2.24, 2.45) is 10.7 Å². The lowest BCUT2D eigenvalue weighted by Crippen LogP contribution is -2.37. The van der Waals surface area contributed by atoms with Crippen molar-refractivity contribution in [1.82, 2.24) is 4.98 Å². The van der Waals surface area contributed by atoms with Gasteiger partial charge in [0.05, 0.1) is 18.0 Å². The van der Waals surface area contributed by atoms with Crippen LogP contribution >= 0.6 is 0 Å². The van der Waals surface area contributed by atoms with Gasteiger partial charge < -0.3 is 11.1 Å². The average molecular weight is 474 g/mol. The van der Waals surface area contributed by atoms with Crippen molar-refractivity contribution in [1.29, 1.82) is 0 Å². The molecular weight excluding hydrogens is 457 g/mol. The van der Waals surface area contributed by atoms with Crippen molar-refractivity contribution in [3.8, 4) is 0 Å². The fourth-order valence-corrected chi connectivity index (χ4v) is 5.43. The molecule has 3 aromatic rings. The molecule has 3 N–H and O–H groups in total. The van der Waals surface area contributed by atoms with Gasteiger partial charge in [-0.1, -0.05) is 12.1 Å². The molecule has 0 bridgehead atoms. The zero-order valence-electron chi connectivity index (χ0n) is 16.9. The highest BCUT2D eigenvalue weighted by Crippen LogP contribution is 2.35. The van der Waals surface area contributed by atoms with Crippen LogP contribution in [0.25, 0.3) is 0 Å². The molecule has 2 unspecified atom stereocenters. The van der Waals surface area contributed by atoms with Crippen LogP contribution in [0, 0.1) is 17.5 Å². The Morgan fingerprint density at radius 3 is 2.33 bits per heavy atom. The first kappa shape index (κ1) is 22.5. The van der Waals surface area contributed by atoms with Crippen LogP contribution in [-0.2, 0) is 9.84 Å². The van der Waals surface area contributed by atoms with Gasteiger partial charge in [0, 0.05) is 11.3 Å². The minimum Gasteiger partial charge on any atom is -0.386 e. The van der Waals surface area contributed by atoms with E-state index in [1.54, 1.807) is 0 Å². The lowest BCUT2D eigenvalue weighted by atomic mass is 10.1. The molecule has 0 spiro atoms. The van der Waals surface area contributed by atoms with Gasteiger partial charge in [-0.25, -0.2) is 26.6 Å². The molecule has 4 rings (SSSR count). The number of amides is 1. The molecule has 1 aliphatic heterocycles. The maximum Gasteiger partial charge on any atom is 0.274 e. The summed E-state index contributed by atoms with van der Waals surface area (Å²) in [5, 5.41) is 1.23. The number of nitrogens with two attached hydrogens (primary N) is 1. The van der Waals surface area contributed by atoms with Crippen molar-refractivity contribution in [3.05, 3.63) is 95.1 Å². The highest BCUT2D eigenvalue weighted by atomic mass is 32.2. The van der Waals surface area contributed by atoms with E-state index in [0.717, 1.165) is 30.5 Å². The first-order valence-electron chi connectivity index (χ1n) is 9.66. The van der Waals surface area contributed by atoms with E-state index in [4.69, 9.17) is 5.73 Å². The quantitative estimate of drug-likeness (QED) is 0.602. The number of nitrogens with one attached hydrogen (secondary N) is 1. The summed E-state index contributed by atoms with van der Waals surface area (Å²) in [6.45, 7) is 0. The number of halogens is 3. The first-order valence-corrected chi connectivity index (χ1v) is 11.4. The van der Waals surface area contributed by atoms with E-state index in [1.165, 1.54) is 30.3 Å². The van der Waals surface area contributed by atoms with Crippen molar-refractivity contribution in [2.75, 3.05) is 11.1 Å². The largest absolute Gasteiger partial charge is 0.386 e. The van der Waals surface area contributed by atoms with E-state index in [9.17, 15) is 26.4 Å². The number of aliphatic imine (C=N–C) groups is 1. The summed E-state index contributed by atoms with van der Waals surface area (Å²) >= 11 is 0. The number of carbonyl (C=O) groups is 1. The second-order valence-corrected chi connectivity index (χ2v) is 9.51. The van der Waals surface area contributed by atoms with E-state index in [0.29, 0.717) is 0 Å². The molecule has 1 aromatic heterocycles. The Balaban J connectivity index is 1.63. The third-order valence-corrected chi connectivity index (χ3v) is 7.08. The van der Waals surface area contributed by atoms with Crippen molar-refractivity contribution in [3.63, 3.8) is 0 Å². The number of rotatable bonds is 4. The van der Waals surface area contributed by atoms with Gasteiger partial charge >= 0.3 is 0 Å². The number of nitrogens with zero attached hydrogens (tertiary/aromatic N) is 2. The molecule has 2 heterocycles. The molecule has 170 valence electrons. The SMILES string of the molecule is NC1=NC(c2cc(NC(=O)c3ccc(F)cn3)ccc2F)CS(=O)(=O)C1c1ccc(F)cc1. The van der Waals surface area contributed by atoms with Gasteiger partial charge in [0.2, 0.25) is 0 Å². The van der Waals surface area contributed by atoms with E-state index >= 15 is 0 Å². The summed E-state index contributed by atoms with van der Waals surface area (Å²) in [6.07, 6.45) is 0.882. The monoisotopic (exact) mass is 474 g/mol. The molecule has 0 radical (unpaired) electrons. The van der Waals surface area contributed by atoms with Crippen LogP contribution in [0.15, 0.2) is 65.8 Å². The van der Waals surface area contributed by atoms with E-state index in [1.807, 2.05) is 0 Å². The smallest absolute Gasteiger partial charge is 0.274 e. The van der Waals surface area contributed by atoms with Gasteiger partial charge in [-0.2, -0.15) is 0 Å². The third kappa shape index (κ3) is 4.72. The molecule has 7 nitrogen and oxygen atoms in total. The summed E-state index contributed by atoms with van der Waals surface area (Å²) in [5.41, 5.74) is 6.23. The summed E-state index contributed by atoms with van der Waals surface area (Å²) in [4.78, 5) is 20.2. The first-order chi connectivity index (χ1) is 15.6. The van der Waals surface area contributed by atoms with Crippen LogP contribution in [0.2, 0.25) is 0 Å². The van der Waals surface area contributed by atoms with Gasteiger partial charge in [-0.3, -0.25) is 9.79 Å². The van der Waals surface area contributed by atoms with Crippen molar-refractivity contribution < 1.29 is 26.4 Å². The Kier molecular flexibility index (Phi) is 5.90. The maximum atomic E-state index is 14.6. The maximum absolute atomic E-state index is 14.6. The molecule has 11 heteroatoms. The summed E-state index contributed by atoms with van der Waals surface area (Å²) in [6, 6.07) is 9.56. The Morgan fingerprint density at radius 1 is 1.00 bits per heavy atom. The number of benzene rings is 2. The topological polar surface area (TPSA) is 115 Å². The number of anilines is 1. The highest BCUT2D eigenvalue weighted by Gasteiger charge is 2.38. The number of hydrogen-bond acceptors (Lipinski definition) is 6. The Morgan fingerprint density at radius 2 is 1.70 bits per heavy atom. The third-order valence-electron chi connectivity index (χ3n) is 5.07. The Labute approximate surface area is 187 Å². The minimum absolute atomic E-state index is 0.0630. The number of amidine groups is 1. The predicted octanol–water partition coefficient (Wildman–Crippen LogP) is 3.32. The van der Waals surface area contributed by atoms with E-state index in [-0.39, 0.29) is 28.3 Å². The molecule has 0 saturated carbocycles. The van der Waals surface area contributed by atoms with Crippen molar-refractivity contribution in [2.45, 2.75) is 11.3 Å². The van der Waals surface area contributed by atoms with Crippen LogP contribution in [0.3, 0.4) is 0 Å². The lowest BCUT2D eigenvalue weighted by Gasteiger charge is -2.27. The van der Waals surface area contributed by atoms with Crippen molar-refractivity contribution >= 4 is 27.3 Å². The zero-order valence-corrected chi connectivity index (χ0v) is 17.7. The average Bonchev–Trinajstić information content (AvgIpc) is 2.75. The Bertz CT molecular complexity index is 1340. The molecule has 0 fully saturated rings. The van der Waals surface area contributed by atoms with Crippen LogP contribution in [0.5, 0.6) is 0 Å². The summed E-state index contributed by atoms with van der Waals surface area (Å²) < 4.78 is 66.7. The summed E-state index contributed by atoms with van der Waals surface area (Å²) in [5.74, 6) is -3.32. The second-order valence-electron chi connectivity index (χ2n) is 7.38. The predicted molar refractivity (Wildman–Crippen MR) is 116 cm³/mol. The zero-order chi connectivity index (χ0) is 23.8. The van der Waals surface area contributed by atoms with Gasteiger partial charge in [-0.05, 0) is 48.0 Å². The molecule has 2 aromatic carbocycles. The fraction of sp³-hybridized carbons (Fsp3) is 0.136. The lowest BCUT2D eigenvalue weighted by molar-refractivity contribution is 0.102. The van der Waals surface area contributed by atoms with Gasteiger partial charge in [0.15, 0.2) is 9.84 Å². The molecule has 1 aliphatic rings. The highest BCUT2D eigenvalue weighted by molar-refractivity contribution is 7.92. The summed E-state index contributed by atoms with van der Waals surface area (Å²) in [7, 11) is -3.91. The normalized spacial score (nSPS) is 19.5. The standard InChI is InChI=1S/C22H17F3N4O3S/c23-13-3-1-12(2-4-13)20-21(26)29-19(11-33(20,31)32)16-9-15(6-7-17(16)25)28-22(30)18-8-5-14(24)10-27-18/h1-10,19-20H,11H2,(H2,26,29)(H,28,30). The minimum atomic E-state index is -3.91. The van der Waals surface area contributed by atoms with Gasteiger partial charge in [0.1, 0.15) is 34.2 Å². The molecule has 1 amide bonds. The van der Waals surface area contributed by atoms with E-state index < -0.39 is 50.2 Å². The molecular formula is C22H17F3N4O3S. The molecule has 0 saturated heterocycles. The van der Waals surface area contributed by atoms with Crippen LogP contribution in [-0.4, -0.2) is 30.9 Å². The van der Waals surface area contributed by atoms with Gasteiger partial charge in [0.25, 0.3) is 5.91 Å². The molecule has 0 aliphatic carbocycles. The number of carbonyl (C=O) groups excluding carboxylic acids is 1. The van der Waals surface area contributed by atoms with Crippen LogP contribution in [0.1, 0.15) is 32.9 Å². The fourth-order valence-electron chi connectivity index (χ4n) is 3.54. The second kappa shape index (κ2) is 8.66. The number of aromatic nitrogens is 1. The molecule has 2 atom stereocenters. The molecule has 33 heavy (non-hydrogen) atoms. The number of pyridine rings is 1. The van der Waals surface area contributed by atoms with Crippen LogP contribution < -0.4 is 11.1 Å². The van der Waals surface area contributed by atoms with Crippen LogP contribution in [0.4, 0.5) is 18.9 Å². The van der Waals surface area contributed by atoms with E-state index in [2.05, 4.69) is 15.3 Å². The number of hydrogen-bond donors (Lipinski definition) is 2.